The van der Waals surface area contributed by atoms with Crippen molar-refractivity contribution < 1.29 is 9.84 Å². The minimum Gasteiger partial charge on any atom is -0.385 e. The Bertz CT molecular complexity index is 340. The van der Waals surface area contributed by atoms with E-state index in [1.807, 2.05) is 0 Å². The Morgan fingerprint density at radius 1 is 1.79 bits per heavy atom. The Hall–Kier alpha value is -1.03. The molecule has 5 nitrogen and oxygen atoms in total. The van der Waals surface area contributed by atoms with Gasteiger partial charge < -0.3 is 9.84 Å². The van der Waals surface area contributed by atoms with Crippen LogP contribution < -0.4 is 0 Å². The SMILES string of the molecule is N#CC1(C(O)c2csnn2)CCOC1. The van der Waals surface area contributed by atoms with Crippen molar-refractivity contribution in [1.29, 1.82) is 5.26 Å². The second-order valence-corrected chi connectivity index (χ2v) is 3.91. The fourth-order valence-electron chi connectivity index (χ4n) is 1.52. The van der Waals surface area contributed by atoms with Gasteiger partial charge in [-0.3, -0.25) is 0 Å². The quantitative estimate of drug-likeness (QED) is 0.770. The summed E-state index contributed by atoms with van der Waals surface area (Å²) in [5.41, 5.74) is -0.377. The van der Waals surface area contributed by atoms with E-state index in [-0.39, 0.29) is 6.61 Å². The van der Waals surface area contributed by atoms with Gasteiger partial charge in [0.25, 0.3) is 0 Å². The van der Waals surface area contributed by atoms with Gasteiger partial charge in [0.05, 0.1) is 12.7 Å². The number of nitriles is 1. The molecule has 1 aromatic rings. The molecule has 14 heavy (non-hydrogen) atoms. The van der Waals surface area contributed by atoms with Crippen LogP contribution in [-0.2, 0) is 4.74 Å². The molecule has 2 atom stereocenters. The molecule has 74 valence electrons. The van der Waals surface area contributed by atoms with Crippen molar-refractivity contribution in [3.8, 4) is 6.07 Å². The molecule has 1 fully saturated rings. The Labute approximate surface area is 85.1 Å². The van der Waals surface area contributed by atoms with E-state index in [4.69, 9.17) is 10.00 Å². The molecule has 2 rings (SSSR count). The average molecular weight is 211 g/mol. The summed E-state index contributed by atoms with van der Waals surface area (Å²) in [5, 5.41) is 24.4. The molecule has 0 aromatic carbocycles. The van der Waals surface area contributed by atoms with Crippen LogP contribution in [0.4, 0.5) is 0 Å². The molecule has 0 bridgehead atoms. The lowest BCUT2D eigenvalue weighted by Gasteiger charge is -2.23. The first-order valence-electron chi connectivity index (χ1n) is 4.22. The maximum atomic E-state index is 9.96. The van der Waals surface area contributed by atoms with Crippen LogP contribution in [0.1, 0.15) is 18.2 Å². The molecule has 0 amide bonds. The van der Waals surface area contributed by atoms with E-state index in [0.717, 1.165) is 11.5 Å². The first-order valence-corrected chi connectivity index (χ1v) is 5.06. The molecular weight excluding hydrogens is 202 g/mol. The van der Waals surface area contributed by atoms with E-state index >= 15 is 0 Å². The second kappa shape index (κ2) is 3.61. The van der Waals surface area contributed by atoms with Gasteiger partial charge in [0.15, 0.2) is 0 Å². The van der Waals surface area contributed by atoms with Crippen molar-refractivity contribution in [2.24, 2.45) is 5.41 Å². The standard InChI is InChI=1S/C8H9N3O2S/c9-4-8(1-2-13-5-8)7(12)6-3-14-11-10-6/h3,7,12H,1-2,5H2. The summed E-state index contributed by atoms with van der Waals surface area (Å²) < 4.78 is 8.80. The van der Waals surface area contributed by atoms with Gasteiger partial charge in [-0.25, -0.2) is 0 Å². The van der Waals surface area contributed by atoms with Gasteiger partial charge in [0, 0.05) is 12.0 Å². The third-order valence-corrected chi connectivity index (χ3v) is 2.98. The van der Waals surface area contributed by atoms with Gasteiger partial charge in [-0.1, -0.05) is 4.49 Å². The number of rotatable bonds is 2. The minimum absolute atomic E-state index is 0.266. The second-order valence-electron chi connectivity index (χ2n) is 3.30. The lowest BCUT2D eigenvalue weighted by atomic mass is 9.82. The van der Waals surface area contributed by atoms with Gasteiger partial charge in [0.2, 0.25) is 0 Å². The highest BCUT2D eigenvalue weighted by Gasteiger charge is 2.44. The summed E-state index contributed by atoms with van der Waals surface area (Å²) >= 11 is 1.16. The molecule has 1 aliphatic heterocycles. The molecule has 2 unspecified atom stereocenters. The number of aliphatic hydroxyl groups is 1. The third-order valence-electron chi connectivity index (χ3n) is 2.46. The van der Waals surface area contributed by atoms with E-state index in [0.29, 0.717) is 18.7 Å². The Balaban J connectivity index is 2.25. The minimum atomic E-state index is -0.895. The molecular formula is C8H9N3O2S. The molecule has 6 heteroatoms. The Morgan fingerprint density at radius 2 is 2.64 bits per heavy atom. The van der Waals surface area contributed by atoms with Crippen LogP contribution >= 0.6 is 11.5 Å². The predicted octanol–water partition coefficient (Wildman–Crippen LogP) is 0.502. The normalized spacial score (nSPS) is 28.6. The van der Waals surface area contributed by atoms with Crippen LogP contribution in [0.2, 0.25) is 0 Å². The van der Waals surface area contributed by atoms with Crippen molar-refractivity contribution in [2.75, 3.05) is 13.2 Å². The Morgan fingerprint density at radius 3 is 3.14 bits per heavy atom. The lowest BCUT2D eigenvalue weighted by molar-refractivity contribution is 0.0473. The highest BCUT2D eigenvalue weighted by Crippen LogP contribution is 2.39. The maximum Gasteiger partial charge on any atom is 0.120 e. The first-order chi connectivity index (χ1) is 6.78. The van der Waals surface area contributed by atoms with Crippen molar-refractivity contribution >= 4 is 11.5 Å². The number of ether oxygens (including phenoxy) is 1. The van der Waals surface area contributed by atoms with Gasteiger partial charge in [-0.2, -0.15) is 5.26 Å². The van der Waals surface area contributed by atoms with Gasteiger partial charge in [-0.05, 0) is 18.0 Å². The van der Waals surface area contributed by atoms with E-state index in [1.165, 1.54) is 0 Å². The summed E-state index contributed by atoms with van der Waals surface area (Å²) in [6.07, 6.45) is -0.351. The van der Waals surface area contributed by atoms with E-state index in [9.17, 15) is 5.11 Å². The lowest BCUT2D eigenvalue weighted by Crippen LogP contribution is -2.28. The zero-order chi connectivity index (χ0) is 10.0. The maximum absolute atomic E-state index is 9.96. The van der Waals surface area contributed by atoms with Crippen LogP contribution in [0, 0.1) is 16.7 Å². The fourth-order valence-corrected chi connectivity index (χ4v) is 1.99. The molecule has 1 aromatic heterocycles. The Kier molecular flexibility index (Phi) is 2.46. The summed E-state index contributed by atoms with van der Waals surface area (Å²) in [7, 11) is 0. The third kappa shape index (κ3) is 1.39. The summed E-state index contributed by atoms with van der Waals surface area (Å²) in [6.45, 7) is 0.782. The van der Waals surface area contributed by atoms with Gasteiger partial charge in [-0.15, -0.1) is 5.10 Å². The van der Waals surface area contributed by atoms with Crippen LogP contribution in [-0.4, -0.2) is 27.9 Å². The number of aromatic nitrogens is 2. The van der Waals surface area contributed by atoms with Gasteiger partial charge in [0.1, 0.15) is 17.2 Å². The molecule has 0 saturated carbocycles. The zero-order valence-electron chi connectivity index (χ0n) is 7.38. The summed E-state index contributed by atoms with van der Waals surface area (Å²) in [6, 6.07) is 2.13. The van der Waals surface area contributed by atoms with Crippen LogP contribution in [0.3, 0.4) is 0 Å². The number of aliphatic hydroxyl groups excluding tert-OH is 1. The monoisotopic (exact) mass is 211 g/mol. The molecule has 0 spiro atoms. The molecule has 1 saturated heterocycles. The summed E-state index contributed by atoms with van der Waals surface area (Å²) in [4.78, 5) is 0. The van der Waals surface area contributed by atoms with E-state index < -0.39 is 11.5 Å². The number of nitrogens with zero attached hydrogens (tertiary/aromatic N) is 3. The van der Waals surface area contributed by atoms with Crippen molar-refractivity contribution in [1.82, 2.24) is 9.59 Å². The van der Waals surface area contributed by atoms with Crippen LogP contribution in [0.25, 0.3) is 0 Å². The van der Waals surface area contributed by atoms with E-state index in [2.05, 4.69) is 15.7 Å². The van der Waals surface area contributed by atoms with Gasteiger partial charge >= 0.3 is 0 Å². The molecule has 1 N–H and O–H groups in total. The van der Waals surface area contributed by atoms with Crippen LogP contribution in [0.15, 0.2) is 5.38 Å². The van der Waals surface area contributed by atoms with E-state index in [1.54, 1.807) is 5.38 Å². The topological polar surface area (TPSA) is 79.0 Å². The zero-order valence-corrected chi connectivity index (χ0v) is 8.20. The van der Waals surface area contributed by atoms with Crippen molar-refractivity contribution in [3.63, 3.8) is 0 Å². The molecule has 0 radical (unpaired) electrons. The molecule has 0 aliphatic carbocycles. The smallest absolute Gasteiger partial charge is 0.120 e. The largest absolute Gasteiger partial charge is 0.385 e. The van der Waals surface area contributed by atoms with Crippen molar-refractivity contribution in [3.05, 3.63) is 11.1 Å². The average Bonchev–Trinajstić information content (AvgIpc) is 2.89. The highest BCUT2D eigenvalue weighted by molar-refractivity contribution is 7.03. The molecule has 1 aliphatic rings. The molecule has 2 heterocycles. The van der Waals surface area contributed by atoms with Crippen LogP contribution in [0.5, 0.6) is 0 Å². The summed E-state index contributed by atoms with van der Waals surface area (Å²) in [5.74, 6) is 0. The fraction of sp³-hybridized carbons (Fsp3) is 0.625. The van der Waals surface area contributed by atoms with Crippen molar-refractivity contribution in [2.45, 2.75) is 12.5 Å². The predicted molar refractivity (Wildman–Crippen MR) is 48.4 cm³/mol. The highest BCUT2D eigenvalue weighted by atomic mass is 32.1. The number of hydrogen-bond donors (Lipinski definition) is 1. The number of hydrogen-bond acceptors (Lipinski definition) is 6. The first kappa shape index (κ1) is 9.52.